The van der Waals surface area contributed by atoms with E-state index >= 15 is 0 Å². The van der Waals surface area contributed by atoms with Crippen molar-refractivity contribution < 1.29 is 9.90 Å². The molecule has 0 spiro atoms. The van der Waals surface area contributed by atoms with Crippen LogP contribution in [0.25, 0.3) is 0 Å². The molecule has 1 saturated heterocycles. The predicted molar refractivity (Wildman–Crippen MR) is 70.2 cm³/mol. The van der Waals surface area contributed by atoms with Crippen LogP contribution in [0.2, 0.25) is 0 Å². The summed E-state index contributed by atoms with van der Waals surface area (Å²) in [6.07, 6.45) is 2.14. The van der Waals surface area contributed by atoms with E-state index in [1.165, 1.54) is 12.8 Å². The van der Waals surface area contributed by atoms with Gasteiger partial charge in [0.1, 0.15) is 5.82 Å². The summed E-state index contributed by atoms with van der Waals surface area (Å²) >= 11 is 0. The molecule has 0 bridgehead atoms. The van der Waals surface area contributed by atoms with Crippen LogP contribution in [0.15, 0.2) is 6.07 Å². The summed E-state index contributed by atoms with van der Waals surface area (Å²) in [4.78, 5) is 21.2. The molecule has 1 aromatic rings. The number of nitrogens with zero attached hydrogens (tertiary/aromatic N) is 3. The minimum absolute atomic E-state index is 0.0435. The highest BCUT2D eigenvalue weighted by Crippen LogP contribution is 2.40. The van der Waals surface area contributed by atoms with Crippen LogP contribution < -0.4 is 16.0 Å². The molecule has 2 aliphatic rings. The van der Waals surface area contributed by atoms with E-state index in [0.717, 1.165) is 24.5 Å². The molecular weight excluding hydrogens is 246 g/mol. The molecule has 1 atom stereocenters. The number of amides is 1. The van der Waals surface area contributed by atoms with E-state index in [-0.39, 0.29) is 6.04 Å². The third-order valence-corrected chi connectivity index (χ3v) is 3.59. The average Bonchev–Trinajstić information content (AvgIpc) is 3.09. The van der Waals surface area contributed by atoms with Gasteiger partial charge in [0.25, 0.3) is 0 Å². The molecule has 1 aliphatic heterocycles. The summed E-state index contributed by atoms with van der Waals surface area (Å²) < 4.78 is 0. The van der Waals surface area contributed by atoms with E-state index in [1.807, 2.05) is 6.07 Å². The minimum atomic E-state index is -0.979. The second-order valence-electron chi connectivity index (χ2n) is 5.16. The molecule has 1 aliphatic carbocycles. The lowest BCUT2D eigenvalue weighted by Crippen LogP contribution is -2.36. The number of aromatic nitrogens is 2. The summed E-state index contributed by atoms with van der Waals surface area (Å²) in [7, 11) is 0. The van der Waals surface area contributed by atoms with Crippen LogP contribution >= 0.6 is 0 Å². The van der Waals surface area contributed by atoms with Gasteiger partial charge in [0.15, 0.2) is 0 Å². The standard InChI is InChI=1S/C12H17N5O2/c13-11-15-9(7-1-2-7)5-10(16-11)17-4-3-8(6-17)14-12(18)19/h5,7-8,14H,1-4,6H2,(H,18,19)(H2,13,15,16). The first-order valence-electron chi connectivity index (χ1n) is 6.50. The van der Waals surface area contributed by atoms with Crippen molar-refractivity contribution in [1.82, 2.24) is 15.3 Å². The number of nitrogens with one attached hydrogen (secondary N) is 1. The first kappa shape index (κ1) is 12.0. The van der Waals surface area contributed by atoms with Gasteiger partial charge in [-0.25, -0.2) is 9.78 Å². The maximum Gasteiger partial charge on any atom is 0.404 e. The van der Waals surface area contributed by atoms with Crippen molar-refractivity contribution >= 4 is 17.9 Å². The monoisotopic (exact) mass is 263 g/mol. The maximum atomic E-state index is 10.6. The highest BCUT2D eigenvalue weighted by molar-refractivity contribution is 5.65. The van der Waals surface area contributed by atoms with Gasteiger partial charge in [0.2, 0.25) is 5.95 Å². The molecule has 0 radical (unpaired) electrons. The van der Waals surface area contributed by atoms with Crippen molar-refractivity contribution in [2.75, 3.05) is 23.7 Å². The van der Waals surface area contributed by atoms with Crippen LogP contribution in [-0.4, -0.2) is 40.3 Å². The first-order valence-corrected chi connectivity index (χ1v) is 6.50. The molecule has 7 heteroatoms. The van der Waals surface area contributed by atoms with Crippen LogP contribution in [0.3, 0.4) is 0 Å². The van der Waals surface area contributed by atoms with Crippen LogP contribution in [0, 0.1) is 0 Å². The van der Waals surface area contributed by atoms with E-state index in [9.17, 15) is 4.79 Å². The number of nitrogens with two attached hydrogens (primary N) is 1. The van der Waals surface area contributed by atoms with Gasteiger partial charge in [-0.2, -0.15) is 4.98 Å². The van der Waals surface area contributed by atoms with E-state index in [4.69, 9.17) is 10.8 Å². The number of anilines is 2. The van der Waals surface area contributed by atoms with Crippen molar-refractivity contribution in [1.29, 1.82) is 0 Å². The summed E-state index contributed by atoms with van der Waals surface area (Å²) in [5.74, 6) is 1.64. The SMILES string of the molecule is Nc1nc(C2CC2)cc(N2CCC(NC(=O)O)C2)n1. The molecule has 1 amide bonds. The molecule has 1 unspecified atom stereocenters. The largest absolute Gasteiger partial charge is 0.465 e. The molecule has 1 saturated carbocycles. The molecular formula is C12H17N5O2. The molecule has 19 heavy (non-hydrogen) atoms. The summed E-state index contributed by atoms with van der Waals surface area (Å²) in [5.41, 5.74) is 6.76. The van der Waals surface area contributed by atoms with Crippen LogP contribution in [0.5, 0.6) is 0 Å². The number of hydrogen-bond donors (Lipinski definition) is 3. The lowest BCUT2D eigenvalue weighted by atomic mass is 10.2. The first-order chi connectivity index (χ1) is 9.11. The van der Waals surface area contributed by atoms with Gasteiger partial charge in [-0.15, -0.1) is 0 Å². The molecule has 0 aromatic carbocycles. The summed E-state index contributed by atoms with van der Waals surface area (Å²) in [5, 5.41) is 11.2. The van der Waals surface area contributed by atoms with E-state index in [1.54, 1.807) is 0 Å². The van der Waals surface area contributed by atoms with Crippen molar-refractivity contribution in [3.05, 3.63) is 11.8 Å². The van der Waals surface area contributed by atoms with Gasteiger partial charge in [-0.3, -0.25) is 0 Å². The molecule has 1 aromatic heterocycles. The van der Waals surface area contributed by atoms with Crippen molar-refractivity contribution in [2.45, 2.75) is 31.2 Å². The van der Waals surface area contributed by atoms with Crippen LogP contribution in [0.1, 0.15) is 30.9 Å². The third kappa shape index (κ3) is 2.69. The van der Waals surface area contributed by atoms with Gasteiger partial charge >= 0.3 is 6.09 Å². The number of nitrogen functional groups attached to an aromatic ring is 1. The minimum Gasteiger partial charge on any atom is -0.465 e. The van der Waals surface area contributed by atoms with E-state index in [2.05, 4.69) is 20.2 Å². The second-order valence-corrected chi connectivity index (χ2v) is 5.16. The van der Waals surface area contributed by atoms with E-state index < -0.39 is 6.09 Å². The second kappa shape index (κ2) is 4.56. The fourth-order valence-corrected chi connectivity index (χ4v) is 2.48. The Labute approximate surface area is 110 Å². The van der Waals surface area contributed by atoms with Crippen molar-refractivity contribution in [2.24, 2.45) is 0 Å². The lowest BCUT2D eigenvalue weighted by Gasteiger charge is -2.18. The topological polar surface area (TPSA) is 104 Å². The number of rotatable bonds is 3. The summed E-state index contributed by atoms with van der Waals surface area (Å²) in [6, 6.07) is 1.94. The van der Waals surface area contributed by atoms with Gasteiger partial charge in [0, 0.05) is 25.1 Å². The zero-order chi connectivity index (χ0) is 13.4. The van der Waals surface area contributed by atoms with Gasteiger partial charge in [0.05, 0.1) is 11.7 Å². The number of hydrogen-bond acceptors (Lipinski definition) is 5. The molecule has 2 fully saturated rings. The van der Waals surface area contributed by atoms with Crippen LogP contribution in [-0.2, 0) is 0 Å². The van der Waals surface area contributed by atoms with Crippen LogP contribution in [0.4, 0.5) is 16.6 Å². The fourth-order valence-electron chi connectivity index (χ4n) is 2.48. The molecule has 2 heterocycles. The Morgan fingerprint density at radius 2 is 2.21 bits per heavy atom. The Morgan fingerprint density at radius 3 is 2.89 bits per heavy atom. The quantitative estimate of drug-likeness (QED) is 0.744. The fraction of sp³-hybridized carbons (Fsp3) is 0.583. The zero-order valence-electron chi connectivity index (χ0n) is 10.5. The average molecular weight is 263 g/mol. The highest BCUT2D eigenvalue weighted by Gasteiger charge is 2.29. The third-order valence-electron chi connectivity index (χ3n) is 3.59. The normalized spacial score (nSPS) is 22.5. The predicted octanol–water partition coefficient (Wildman–Crippen LogP) is 0.782. The Hall–Kier alpha value is -2.05. The number of carboxylic acid groups (broad SMARTS) is 1. The Bertz CT molecular complexity index is 503. The van der Waals surface area contributed by atoms with Gasteiger partial charge in [-0.1, -0.05) is 0 Å². The maximum absolute atomic E-state index is 10.6. The molecule has 102 valence electrons. The van der Waals surface area contributed by atoms with Gasteiger partial charge in [-0.05, 0) is 19.3 Å². The smallest absolute Gasteiger partial charge is 0.404 e. The molecule has 3 rings (SSSR count). The van der Waals surface area contributed by atoms with Crippen molar-refractivity contribution in [3.63, 3.8) is 0 Å². The lowest BCUT2D eigenvalue weighted by molar-refractivity contribution is 0.191. The highest BCUT2D eigenvalue weighted by atomic mass is 16.4. The van der Waals surface area contributed by atoms with Crippen molar-refractivity contribution in [3.8, 4) is 0 Å². The van der Waals surface area contributed by atoms with E-state index in [0.29, 0.717) is 18.4 Å². The Morgan fingerprint density at radius 1 is 1.42 bits per heavy atom. The Balaban J connectivity index is 1.74. The number of carbonyl (C=O) groups is 1. The Kier molecular flexibility index (Phi) is 2.88. The zero-order valence-corrected chi connectivity index (χ0v) is 10.5. The molecule has 4 N–H and O–H groups in total. The van der Waals surface area contributed by atoms with Gasteiger partial charge < -0.3 is 21.1 Å². The molecule has 7 nitrogen and oxygen atoms in total. The summed E-state index contributed by atoms with van der Waals surface area (Å²) in [6.45, 7) is 1.42.